The fourth-order valence-electron chi connectivity index (χ4n) is 2.26. The highest BCUT2D eigenvalue weighted by molar-refractivity contribution is 5.94. The van der Waals surface area contributed by atoms with Gasteiger partial charge in [0.05, 0.1) is 0 Å². The second-order valence-electron chi connectivity index (χ2n) is 3.79. The number of carbonyl (C=O) groups excluding carboxylic acids is 1. The molecule has 0 amide bonds. The summed E-state index contributed by atoms with van der Waals surface area (Å²) < 4.78 is 0. The van der Waals surface area contributed by atoms with Crippen molar-refractivity contribution in [2.24, 2.45) is 0 Å². The molecule has 2 heterocycles. The normalized spacial score (nSPS) is 31.6. The van der Waals surface area contributed by atoms with Gasteiger partial charge in [-0.15, -0.1) is 12.4 Å². The Bertz CT molecular complexity index is 237. The van der Waals surface area contributed by atoms with E-state index in [4.69, 9.17) is 0 Å². The van der Waals surface area contributed by atoms with E-state index < -0.39 is 0 Å². The molecular weight excluding hydrogens is 186 g/mol. The highest BCUT2D eigenvalue weighted by Gasteiger charge is 2.29. The molecular formula is C10H16ClNO. The van der Waals surface area contributed by atoms with Gasteiger partial charge >= 0.3 is 0 Å². The van der Waals surface area contributed by atoms with Crippen molar-refractivity contribution in [3.8, 4) is 0 Å². The van der Waals surface area contributed by atoms with Gasteiger partial charge < -0.3 is 5.32 Å². The summed E-state index contributed by atoms with van der Waals surface area (Å²) in [6, 6.07) is 1.04. The molecule has 0 aromatic rings. The molecule has 1 saturated heterocycles. The lowest BCUT2D eigenvalue weighted by Gasteiger charge is -2.11. The number of ketones is 1. The Labute approximate surface area is 85.2 Å². The van der Waals surface area contributed by atoms with Gasteiger partial charge in [-0.3, -0.25) is 4.79 Å². The van der Waals surface area contributed by atoms with E-state index in [2.05, 4.69) is 11.4 Å². The van der Waals surface area contributed by atoms with E-state index in [-0.39, 0.29) is 18.2 Å². The minimum absolute atomic E-state index is 0. The van der Waals surface area contributed by atoms with Crippen molar-refractivity contribution in [3.05, 3.63) is 11.6 Å². The summed E-state index contributed by atoms with van der Waals surface area (Å²) in [6.45, 7) is 1.67. The number of carbonyl (C=O) groups is 1. The van der Waals surface area contributed by atoms with Crippen molar-refractivity contribution in [1.82, 2.24) is 5.32 Å². The Kier molecular flexibility index (Phi) is 3.51. The first kappa shape index (κ1) is 10.7. The third-order valence-corrected chi connectivity index (χ3v) is 2.90. The van der Waals surface area contributed by atoms with Crippen LogP contribution in [0.4, 0.5) is 0 Å². The number of hydrogen-bond acceptors (Lipinski definition) is 2. The van der Waals surface area contributed by atoms with Crippen LogP contribution in [-0.2, 0) is 4.79 Å². The Morgan fingerprint density at radius 3 is 2.92 bits per heavy atom. The third kappa shape index (κ3) is 2.12. The van der Waals surface area contributed by atoms with Gasteiger partial charge in [-0.1, -0.05) is 6.08 Å². The minimum Gasteiger partial charge on any atom is -0.307 e. The Morgan fingerprint density at radius 2 is 2.23 bits per heavy atom. The molecule has 0 aliphatic carbocycles. The molecule has 2 aliphatic heterocycles. The summed E-state index contributed by atoms with van der Waals surface area (Å²) in [4.78, 5) is 11.2. The molecule has 13 heavy (non-hydrogen) atoms. The average molecular weight is 202 g/mol. The van der Waals surface area contributed by atoms with Gasteiger partial charge in [-0.2, -0.15) is 0 Å². The number of hydrogen-bond donors (Lipinski definition) is 1. The zero-order valence-corrected chi connectivity index (χ0v) is 8.69. The lowest BCUT2D eigenvalue weighted by molar-refractivity contribution is -0.113. The fourth-order valence-corrected chi connectivity index (χ4v) is 2.26. The summed E-state index contributed by atoms with van der Waals surface area (Å²) in [5.74, 6) is 0.245. The van der Waals surface area contributed by atoms with Crippen LogP contribution in [0.2, 0.25) is 0 Å². The van der Waals surface area contributed by atoms with Gasteiger partial charge in [0.2, 0.25) is 0 Å². The number of fused-ring (bicyclic) bond motifs is 2. The first-order valence-electron chi connectivity index (χ1n) is 4.74. The molecule has 0 radical (unpaired) electrons. The molecule has 74 valence electrons. The summed E-state index contributed by atoms with van der Waals surface area (Å²) >= 11 is 0. The number of nitrogens with one attached hydrogen (secondary N) is 1. The average Bonchev–Trinajstić information content (AvgIpc) is 2.30. The van der Waals surface area contributed by atoms with Crippen molar-refractivity contribution in [2.45, 2.75) is 44.7 Å². The lowest BCUT2D eigenvalue weighted by Crippen LogP contribution is -2.30. The Morgan fingerprint density at radius 1 is 1.46 bits per heavy atom. The van der Waals surface area contributed by atoms with E-state index in [1.54, 1.807) is 6.92 Å². The van der Waals surface area contributed by atoms with E-state index in [9.17, 15) is 4.79 Å². The SMILES string of the molecule is CC(=O)C1=CCC[C@@H]2CC[C@H]1N2.Cl. The maximum absolute atomic E-state index is 11.2. The predicted molar refractivity (Wildman–Crippen MR) is 55.2 cm³/mol. The number of rotatable bonds is 1. The molecule has 2 bridgehead atoms. The minimum atomic E-state index is 0. The maximum atomic E-state index is 11.2. The lowest BCUT2D eigenvalue weighted by atomic mass is 9.98. The van der Waals surface area contributed by atoms with Gasteiger partial charge in [0.1, 0.15) is 0 Å². The molecule has 3 heteroatoms. The van der Waals surface area contributed by atoms with Crippen molar-refractivity contribution in [2.75, 3.05) is 0 Å². The van der Waals surface area contributed by atoms with Crippen LogP contribution in [0.1, 0.15) is 32.6 Å². The number of halogens is 1. The number of Topliss-reactive ketones (excluding diaryl/α,β-unsaturated/α-hetero) is 1. The van der Waals surface area contributed by atoms with Crippen LogP contribution in [-0.4, -0.2) is 17.9 Å². The highest BCUT2D eigenvalue weighted by Crippen LogP contribution is 2.26. The van der Waals surface area contributed by atoms with Gasteiger partial charge in [0.15, 0.2) is 5.78 Å². The third-order valence-electron chi connectivity index (χ3n) is 2.90. The van der Waals surface area contributed by atoms with Crippen molar-refractivity contribution >= 4 is 18.2 Å². The molecule has 0 aromatic carbocycles. The van der Waals surface area contributed by atoms with Crippen LogP contribution in [0.25, 0.3) is 0 Å². The van der Waals surface area contributed by atoms with Crippen LogP contribution in [0, 0.1) is 0 Å². The predicted octanol–water partition coefficient (Wildman–Crippen LogP) is 1.84. The van der Waals surface area contributed by atoms with Crippen LogP contribution < -0.4 is 5.32 Å². The van der Waals surface area contributed by atoms with Crippen LogP contribution in [0.5, 0.6) is 0 Å². The fraction of sp³-hybridized carbons (Fsp3) is 0.700. The highest BCUT2D eigenvalue weighted by atomic mass is 35.5. The van der Waals surface area contributed by atoms with E-state index in [0.717, 1.165) is 18.4 Å². The summed E-state index contributed by atoms with van der Waals surface area (Å²) in [5, 5.41) is 3.50. The first-order valence-corrected chi connectivity index (χ1v) is 4.74. The largest absolute Gasteiger partial charge is 0.307 e. The van der Waals surface area contributed by atoms with Gasteiger partial charge in [0.25, 0.3) is 0 Å². The zero-order chi connectivity index (χ0) is 8.55. The monoisotopic (exact) mass is 201 g/mol. The molecule has 1 fully saturated rings. The van der Waals surface area contributed by atoms with Crippen LogP contribution in [0.15, 0.2) is 11.6 Å². The van der Waals surface area contributed by atoms with Crippen LogP contribution in [0.3, 0.4) is 0 Å². The zero-order valence-electron chi connectivity index (χ0n) is 7.88. The smallest absolute Gasteiger partial charge is 0.157 e. The maximum Gasteiger partial charge on any atom is 0.157 e. The van der Waals surface area contributed by atoms with Crippen molar-refractivity contribution in [1.29, 1.82) is 0 Å². The standard InChI is InChI=1S/C10H15NO.ClH/c1-7(12)9-4-2-3-8-5-6-10(9)11-8;/h4,8,10-11H,2-3,5-6H2,1H3;1H/t8-,10-;/m1./s1. The molecule has 0 saturated carbocycles. The van der Waals surface area contributed by atoms with Gasteiger partial charge in [-0.25, -0.2) is 0 Å². The molecule has 2 nitrogen and oxygen atoms in total. The molecule has 2 atom stereocenters. The second-order valence-corrected chi connectivity index (χ2v) is 3.79. The molecule has 0 aromatic heterocycles. The summed E-state index contributed by atoms with van der Waals surface area (Å²) in [7, 11) is 0. The van der Waals surface area contributed by atoms with Crippen molar-refractivity contribution < 1.29 is 4.79 Å². The van der Waals surface area contributed by atoms with Crippen molar-refractivity contribution in [3.63, 3.8) is 0 Å². The Balaban J connectivity index is 0.000000845. The molecule has 0 spiro atoms. The summed E-state index contributed by atoms with van der Waals surface area (Å²) in [6.07, 6.45) is 6.79. The second kappa shape index (κ2) is 4.25. The number of allylic oxidation sites excluding steroid dienone is 1. The quantitative estimate of drug-likeness (QED) is 0.702. The van der Waals surface area contributed by atoms with E-state index in [1.165, 1.54) is 12.8 Å². The van der Waals surface area contributed by atoms with E-state index in [0.29, 0.717) is 12.1 Å². The molecule has 0 unspecified atom stereocenters. The summed E-state index contributed by atoms with van der Waals surface area (Å²) in [5.41, 5.74) is 1.02. The molecule has 2 rings (SSSR count). The molecule has 1 N–H and O–H groups in total. The van der Waals surface area contributed by atoms with Gasteiger partial charge in [0, 0.05) is 17.7 Å². The first-order chi connectivity index (χ1) is 5.77. The molecule has 2 aliphatic rings. The van der Waals surface area contributed by atoms with Crippen LogP contribution >= 0.6 is 12.4 Å². The van der Waals surface area contributed by atoms with E-state index >= 15 is 0 Å². The topological polar surface area (TPSA) is 29.1 Å². The van der Waals surface area contributed by atoms with E-state index in [1.807, 2.05) is 0 Å². The Hall–Kier alpha value is -0.340. The van der Waals surface area contributed by atoms with Gasteiger partial charge in [-0.05, 0) is 32.6 Å².